The number of hydrogen-bond acceptors (Lipinski definition) is 7. The monoisotopic (exact) mass is 443 g/mol. The minimum Gasteiger partial charge on any atom is -0.495 e. The van der Waals surface area contributed by atoms with E-state index in [9.17, 15) is 26.9 Å². The normalized spacial score (nSPS) is 12.0. The van der Waals surface area contributed by atoms with Gasteiger partial charge in [-0.1, -0.05) is 26.0 Å². The van der Waals surface area contributed by atoms with E-state index in [0.29, 0.717) is 0 Å². The van der Waals surface area contributed by atoms with Gasteiger partial charge in [-0.15, -0.1) is 0 Å². The first kappa shape index (κ1) is 22.6. The highest BCUT2D eigenvalue weighted by Gasteiger charge is 2.28. The molecule has 0 radical (unpaired) electrons. The van der Waals surface area contributed by atoms with Crippen molar-refractivity contribution in [3.63, 3.8) is 0 Å². The molecule has 2 aromatic carbocycles. The van der Waals surface area contributed by atoms with Gasteiger partial charge in [-0.3, -0.25) is 14.8 Å². The van der Waals surface area contributed by atoms with Gasteiger partial charge in [-0.25, -0.2) is 16.8 Å². The SMILES string of the molecule is CCN(CC)S(=O)(=O)c1ccc(OC)c(NS(=O)(=O)c2ccccc2[N+](=O)[O-])c1. The van der Waals surface area contributed by atoms with Crippen LogP contribution >= 0.6 is 0 Å². The fourth-order valence-corrected chi connectivity index (χ4v) is 5.39. The summed E-state index contributed by atoms with van der Waals surface area (Å²) in [7, 11) is -6.96. The third kappa shape index (κ3) is 4.66. The van der Waals surface area contributed by atoms with Gasteiger partial charge >= 0.3 is 0 Å². The number of rotatable bonds is 9. The molecule has 10 nitrogen and oxygen atoms in total. The molecule has 0 saturated carbocycles. The lowest BCUT2D eigenvalue weighted by atomic mass is 10.3. The lowest BCUT2D eigenvalue weighted by Gasteiger charge is -2.20. The number of para-hydroxylation sites is 1. The smallest absolute Gasteiger partial charge is 0.289 e. The summed E-state index contributed by atoms with van der Waals surface area (Å²) in [5.41, 5.74) is -0.759. The number of sulfonamides is 2. The molecule has 0 bridgehead atoms. The Hall–Kier alpha value is -2.70. The number of nitrogens with one attached hydrogen (secondary N) is 1. The number of ether oxygens (including phenoxy) is 1. The lowest BCUT2D eigenvalue weighted by molar-refractivity contribution is -0.387. The summed E-state index contributed by atoms with van der Waals surface area (Å²) in [4.78, 5) is 9.67. The Labute approximate surface area is 169 Å². The first-order valence-electron chi connectivity index (χ1n) is 8.52. The van der Waals surface area contributed by atoms with E-state index < -0.39 is 35.6 Å². The van der Waals surface area contributed by atoms with Crippen LogP contribution in [0.1, 0.15) is 13.8 Å². The van der Waals surface area contributed by atoms with Crippen LogP contribution in [-0.4, -0.2) is 46.3 Å². The zero-order valence-electron chi connectivity index (χ0n) is 16.0. The Kier molecular flexibility index (Phi) is 6.82. The van der Waals surface area contributed by atoms with E-state index in [1.54, 1.807) is 13.8 Å². The number of nitro groups is 1. The molecule has 0 aliphatic rings. The minimum absolute atomic E-state index is 0.0608. The molecule has 0 fully saturated rings. The third-order valence-electron chi connectivity index (χ3n) is 4.11. The number of anilines is 1. The van der Waals surface area contributed by atoms with Crippen molar-refractivity contribution in [3.05, 3.63) is 52.6 Å². The second-order valence-electron chi connectivity index (χ2n) is 5.78. The number of methoxy groups -OCH3 is 1. The largest absolute Gasteiger partial charge is 0.495 e. The summed E-state index contributed by atoms with van der Waals surface area (Å²) >= 11 is 0. The van der Waals surface area contributed by atoms with Gasteiger partial charge in [0.25, 0.3) is 15.7 Å². The molecule has 29 heavy (non-hydrogen) atoms. The van der Waals surface area contributed by atoms with E-state index >= 15 is 0 Å². The average Bonchev–Trinajstić information content (AvgIpc) is 2.68. The van der Waals surface area contributed by atoms with Gasteiger partial charge in [-0.2, -0.15) is 4.31 Å². The van der Waals surface area contributed by atoms with Gasteiger partial charge in [0.15, 0.2) is 4.90 Å². The van der Waals surface area contributed by atoms with Crippen molar-refractivity contribution >= 4 is 31.4 Å². The third-order valence-corrected chi connectivity index (χ3v) is 7.57. The second-order valence-corrected chi connectivity index (χ2v) is 9.37. The summed E-state index contributed by atoms with van der Waals surface area (Å²) in [5.74, 6) is 0.0608. The molecule has 1 N–H and O–H groups in total. The highest BCUT2D eigenvalue weighted by molar-refractivity contribution is 7.93. The molecule has 0 aliphatic heterocycles. The number of hydrogen-bond donors (Lipinski definition) is 1. The molecule has 0 amide bonds. The van der Waals surface area contributed by atoms with E-state index in [2.05, 4.69) is 4.72 Å². The van der Waals surface area contributed by atoms with Gasteiger partial charge < -0.3 is 4.74 Å². The van der Waals surface area contributed by atoms with Crippen LogP contribution in [0.3, 0.4) is 0 Å². The number of benzene rings is 2. The number of nitro benzene ring substituents is 1. The first-order chi connectivity index (χ1) is 13.6. The van der Waals surface area contributed by atoms with Crippen LogP contribution in [0.2, 0.25) is 0 Å². The molecule has 0 heterocycles. The first-order valence-corrected chi connectivity index (χ1v) is 11.4. The molecule has 0 saturated heterocycles. The number of nitrogens with zero attached hydrogens (tertiary/aromatic N) is 2. The fourth-order valence-electron chi connectivity index (χ4n) is 2.67. The van der Waals surface area contributed by atoms with E-state index in [1.165, 1.54) is 35.7 Å². The maximum absolute atomic E-state index is 12.8. The van der Waals surface area contributed by atoms with E-state index in [1.807, 2.05) is 0 Å². The Bertz CT molecular complexity index is 1110. The summed E-state index contributed by atoms with van der Waals surface area (Å²) in [5, 5.41) is 11.2. The molecular formula is C17H21N3O7S2. The fraction of sp³-hybridized carbons (Fsp3) is 0.294. The standard InChI is InChI=1S/C17H21N3O7S2/c1-4-19(5-2)29(25,26)13-10-11-16(27-3)14(12-13)18-28(23,24)17-9-7-6-8-15(17)20(21)22/h6-12,18H,4-5H2,1-3H3. The van der Waals surface area contributed by atoms with Crippen LogP contribution in [0.4, 0.5) is 11.4 Å². The molecule has 0 spiro atoms. The minimum atomic E-state index is -4.40. The quantitative estimate of drug-likeness (QED) is 0.464. The highest BCUT2D eigenvalue weighted by Crippen LogP contribution is 2.32. The lowest BCUT2D eigenvalue weighted by Crippen LogP contribution is -2.30. The van der Waals surface area contributed by atoms with E-state index in [4.69, 9.17) is 4.74 Å². The van der Waals surface area contributed by atoms with Gasteiger partial charge in [-0.05, 0) is 24.3 Å². The predicted octanol–water partition coefficient (Wildman–Crippen LogP) is 2.43. The Morgan fingerprint density at radius 2 is 1.69 bits per heavy atom. The summed E-state index contributed by atoms with van der Waals surface area (Å²) in [6, 6.07) is 8.58. The van der Waals surface area contributed by atoms with Crippen LogP contribution in [0.25, 0.3) is 0 Å². The van der Waals surface area contributed by atoms with E-state index in [-0.39, 0.29) is 29.4 Å². The molecular weight excluding hydrogens is 422 g/mol. The molecule has 0 aliphatic carbocycles. The Morgan fingerprint density at radius 1 is 1.07 bits per heavy atom. The van der Waals surface area contributed by atoms with Crippen molar-refractivity contribution in [2.45, 2.75) is 23.6 Å². The zero-order valence-corrected chi connectivity index (χ0v) is 17.7. The molecule has 0 atom stereocenters. The van der Waals surface area contributed by atoms with Gasteiger partial charge in [0.05, 0.1) is 22.6 Å². The zero-order chi connectivity index (χ0) is 21.8. The van der Waals surface area contributed by atoms with Crippen molar-refractivity contribution < 1.29 is 26.5 Å². The van der Waals surface area contributed by atoms with Crippen molar-refractivity contribution in [1.29, 1.82) is 0 Å². The molecule has 2 aromatic rings. The van der Waals surface area contributed by atoms with Gasteiger partial charge in [0.2, 0.25) is 10.0 Å². The van der Waals surface area contributed by atoms with Gasteiger partial charge in [0, 0.05) is 19.2 Å². The molecule has 0 unspecified atom stereocenters. The van der Waals surface area contributed by atoms with Crippen LogP contribution < -0.4 is 9.46 Å². The van der Waals surface area contributed by atoms with Crippen molar-refractivity contribution in [2.75, 3.05) is 24.9 Å². The van der Waals surface area contributed by atoms with E-state index in [0.717, 1.165) is 18.2 Å². The van der Waals surface area contributed by atoms with Crippen molar-refractivity contribution in [2.24, 2.45) is 0 Å². The summed E-state index contributed by atoms with van der Waals surface area (Å²) in [6.45, 7) is 3.84. The summed E-state index contributed by atoms with van der Waals surface area (Å²) in [6.07, 6.45) is 0. The molecule has 12 heteroatoms. The molecule has 158 valence electrons. The highest BCUT2D eigenvalue weighted by atomic mass is 32.2. The topological polar surface area (TPSA) is 136 Å². The van der Waals surface area contributed by atoms with Crippen LogP contribution in [0.5, 0.6) is 5.75 Å². The average molecular weight is 444 g/mol. The van der Waals surface area contributed by atoms with Crippen LogP contribution in [0.15, 0.2) is 52.3 Å². The second kappa shape index (κ2) is 8.76. The predicted molar refractivity (Wildman–Crippen MR) is 107 cm³/mol. The van der Waals surface area contributed by atoms with Crippen LogP contribution in [-0.2, 0) is 20.0 Å². The Balaban J connectivity index is 2.57. The van der Waals surface area contributed by atoms with Crippen molar-refractivity contribution in [3.8, 4) is 5.75 Å². The molecule has 0 aromatic heterocycles. The summed E-state index contributed by atoms with van der Waals surface area (Å²) < 4.78 is 59.6. The maximum Gasteiger partial charge on any atom is 0.289 e. The van der Waals surface area contributed by atoms with Gasteiger partial charge in [0.1, 0.15) is 5.75 Å². The molecule has 2 rings (SSSR count). The Morgan fingerprint density at radius 3 is 2.24 bits per heavy atom. The van der Waals surface area contributed by atoms with Crippen molar-refractivity contribution in [1.82, 2.24) is 4.31 Å². The maximum atomic E-state index is 12.8. The van der Waals surface area contributed by atoms with Crippen LogP contribution in [0, 0.1) is 10.1 Å².